The van der Waals surface area contributed by atoms with Gasteiger partial charge in [0.2, 0.25) is 10.0 Å². The first kappa shape index (κ1) is 26.9. The van der Waals surface area contributed by atoms with Gasteiger partial charge in [0.25, 0.3) is 5.91 Å². The van der Waals surface area contributed by atoms with Gasteiger partial charge in [0, 0.05) is 23.8 Å². The summed E-state index contributed by atoms with van der Waals surface area (Å²) in [5.74, 6) is -1.05. The first-order chi connectivity index (χ1) is 16.9. The Hall–Kier alpha value is -3.20. The molecule has 1 amide bonds. The fourth-order valence-electron chi connectivity index (χ4n) is 3.98. The minimum atomic E-state index is -4.88. The van der Waals surface area contributed by atoms with Crippen LogP contribution in [0.1, 0.15) is 55.1 Å². The second-order valence-corrected chi connectivity index (χ2v) is 10.9. The molecule has 0 aromatic carbocycles. The molecule has 1 fully saturated rings. The summed E-state index contributed by atoms with van der Waals surface area (Å²) in [4.78, 5) is 19.9. The molecule has 3 aromatic heterocycles. The van der Waals surface area contributed by atoms with Crippen LogP contribution in [0.5, 0.6) is 0 Å². The van der Waals surface area contributed by atoms with E-state index in [0.29, 0.717) is 32.9 Å². The summed E-state index contributed by atoms with van der Waals surface area (Å²) in [6.07, 6.45) is -6.08. The lowest BCUT2D eigenvalue weighted by Gasteiger charge is -2.29. The Morgan fingerprint density at radius 2 is 1.73 bits per heavy atom. The number of nitrogens with zero attached hydrogens (tertiary/aromatic N) is 3. The van der Waals surface area contributed by atoms with Crippen molar-refractivity contribution in [2.75, 3.05) is 0 Å². The van der Waals surface area contributed by atoms with Crippen LogP contribution in [-0.2, 0) is 16.2 Å². The second-order valence-electron chi connectivity index (χ2n) is 9.24. The van der Waals surface area contributed by atoms with E-state index in [1.54, 1.807) is 9.29 Å². The molecular weight excluding hydrogens is 528 g/mol. The zero-order valence-corrected chi connectivity index (χ0v) is 20.2. The van der Waals surface area contributed by atoms with E-state index in [0.717, 1.165) is 30.8 Å². The molecule has 3 heterocycles. The van der Waals surface area contributed by atoms with E-state index in [9.17, 15) is 39.6 Å². The number of primary amides is 1. The molecular formula is C22H21F6N5O3S. The maximum atomic E-state index is 13.4. The number of aromatic nitrogens is 3. The summed E-state index contributed by atoms with van der Waals surface area (Å²) in [5.41, 5.74) is 1.53. The van der Waals surface area contributed by atoms with Gasteiger partial charge in [0.05, 0.1) is 22.5 Å². The Bertz CT molecular complexity index is 1470. The van der Waals surface area contributed by atoms with Crippen LogP contribution in [0.25, 0.3) is 22.4 Å². The average molecular weight is 549 g/mol. The van der Waals surface area contributed by atoms with Crippen LogP contribution in [0.3, 0.4) is 0 Å². The number of alkyl halides is 6. The lowest BCUT2D eigenvalue weighted by molar-refractivity contribution is -0.180. The SMILES string of the molecule is CC(C)(NS(=O)(=O)c1ccc(-c2c(C(N)=O)c3cc(C(F)(F)F)cnc3n2C2CCC2)nc1)C(F)(F)F. The Balaban J connectivity index is 1.87. The average Bonchev–Trinajstić information content (AvgIpc) is 3.05. The molecule has 1 aliphatic rings. The summed E-state index contributed by atoms with van der Waals surface area (Å²) >= 11 is 0. The number of amides is 1. The zero-order valence-electron chi connectivity index (χ0n) is 19.4. The van der Waals surface area contributed by atoms with Crippen molar-refractivity contribution in [2.24, 2.45) is 5.73 Å². The van der Waals surface area contributed by atoms with Gasteiger partial charge in [0.15, 0.2) is 0 Å². The molecule has 0 unspecified atom stereocenters. The lowest BCUT2D eigenvalue weighted by atomic mass is 9.92. The largest absolute Gasteiger partial charge is 0.417 e. The van der Waals surface area contributed by atoms with Gasteiger partial charge in [-0.15, -0.1) is 0 Å². The van der Waals surface area contributed by atoms with E-state index >= 15 is 0 Å². The van der Waals surface area contributed by atoms with Crippen molar-refractivity contribution in [1.29, 1.82) is 0 Å². The molecule has 3 aromatic rings. The zero-order chi connectivity index (χ0) is 27.6. The van der Waals surface area contributed by atoms with Crippen LogP contribution in [0.4, 0.5) is 26.3 Å². The van der Waals surface area contributed by atoms with Crippen LogP contribution in [0, 0.1) is 0 Å². The number of carbonyl (C=O) groups is 1. The summed E-state index contributed by atoms with van der Waals surface area (Å²) in [5, 5.41) is -0.142. The van der Waals surface area contributed by atoms with Crippen molar-refractivity contribution in [3.8, 4) is 11.4 Å². The monoisotopic (exact) mass is 549 g/mol. The van der Waals surface area contributed by atoms with E-state index in [4.69, 9.17) is 5.73 Å². The number of hydrogen-bond donors (Lipinski definition) is 2. The maximum Gasteiger partial charge on any atom is 0.417 e. The fraction of sp³-hybridized carbons (Fsp3) is 0.409. The molecule has 8 nitrogen and oxygen atoms in total. The third-order valence-corrected chi connectivity index (χ3v) is 7.88. The van der Waals surface area contributed by atoms with Crippen LogP contribution in [0.2, 0.25) is 0 Å². The smallest absolute Gasteiger partial charge is 0.366 e. The summed E-state index contributed by atoms with van der Waals surface area (Å²) in [7, 11) is -4.66. The summed E-state index contributed by atoms with van der Waals surface area (Å²) in [6.45, 7) is 1.31. The highest BCUT2D eigenvalue weighted by Gasteiger charge is 2.50. The maximum absolute atomic E-state index is 13.4. The molecule has 0 spiro atoms. The minimum absolute atomic E-state index is 0.0127. The van der Waals surface area contributed by atoms with E-state index < -0.39 is 44.3 Å². The van der Waals surface area contributed by atoms with Crippen LogP contribution < -0.4 is 10.5 Å². The topological polar surface area (TPSA) is 120 Å². The molecule has 0 atom stereocenters. The van der Waals surface area contributed by atoms with Crippen molar-refractivity contribution < 1.29 is 39.6 Å². The van der Waals surface area contributed by atoms with Gasteiger partial charge in [-0.3, -0.25) is 9.78 Å². The minimum Gasteiger partial charge on any atom is -0.366 e. The van der Waals surface area contributed by atoms with Crippen LogP contribution in [0.15, 0.2) is 35.5 Å². The number of carbonyl (C=O) groups excluding carboxylic acids is 1. The Labute approximate surface area is 206 Å². The summed E-state index contributed by atoms with van der Waals surface area (Å²) < 4.78 is 108. The van der Waals surface area contributed by atoms with Crippen molar-refractivity contribution in [1.82, 2.24) is 19.3 Å². The van der Waals surface area contributed by atoms with Gasteiger partial charge in [-0.25, -0.2) is 13.4 Å². The highest BCUT2D eigenvalue weighted by atomic mass is 32.2. The van der Waals surface area contributed by atoms with Crippen molar-refractivity contribution in [3.63, 3.8) is 0 Å². The molecule has 37 heavy (non-hydrogen) atoms. The first-order valence-electron chi connectivity index (χ1n) is 10.9. The Morgan fingerprint density at radius 3 is 2.19 bits per heavy atom. The molecule has 1 saturated carbocycles. The number of fused-ring (bicyclic) bond motifs is 1. The molecule has 15 heteroatoms. The number of pyridine rings is 2. The van der Waals surface area contributed by atoms with Crippen molar-refractivity contribution >= 4 is 27.0 Å². The lowest BCUT2D eigenvalue weighted by Crippen LogP contribution is -2.54. The molecule has 0 radical (unpaired) electrons. The highest BCUT2D eigenvalue weighted by Crippen LogP contribution is 2.43. The Kier molecular flexibility index (Phi) is 6.30. The van der Waals surface area contributed by atoms with E-state index in [-0.39, 0.29) is 34.0 Å². The van der Waals surface area contributed by atoms with Gasteiger partial charge in [-0.05, 0) is 51.3 Å². The van der Waals surface area contributed by atoms with Gasteiger partial charge in [-0.1, -0.05) is 0 Å². The van der Waals surface area contributed by atoms with Gasteiger partial charge in [-0.2, -0.15) is 31.1 Å². The molecule has 0 bridgehead atoms. The third kappa shape index (κ3) is 4.77. The summed E-state index contributed by atoms with van der Waals surface area (Å²) in [6, 6.07) is 2.67. The van der Waals surface area contributed by atoms with Crippen molar-refractivity contribution in [2.45, 2.75) is 61.9 Å². The van der Waals surface area contributed by atoms with Gasteiger partial charge >= 0.3 is 12.4 Å². The normalized spacial score (nSPS) is 15.7. The molecule has 0 aliphatic heterocycles. The standard InChI is InChI=1S/C22H21F6N5O3S/c1-20(2,22(26,27)28)32-37(35,36)13-6-7-15(30-10-13)17-16(18(29)34)14-8-11(21(23,24)25)9-31-19(14)33(17)12-4-3-5-12/h6-10,12,32H,3-5H2,1-2H3,(H2,29,34). The molecule has 0 saturated heterocycles. The van der Waals surface area contributed by atoms with Crippen molar-refractivity contribution in [3.05, 3.63) is 41.7 Å². The van der Waals surface area contributed by atoms with Gasteiger partial charge in [0.1, 0.15) is 16.1 Å². The molecule has 3 N–H and O–H groups in total. The predicted octanol–water partition coefficient (Wildman–Crippen LogP) is 4.56. The third-order valence-electron chi connectivity index (χ3n) is 6.24. The van der Waals surface area contributed by atoms with E-state index in [1.807, 2.05) is 0 Å². The number of nitrogens with one attached hydrogen (secondary N) is 1. The first-order valence-corrected chi connectivity index (χ1v) is 12.4. The quantitative estimate of drug-likeness (QED) is 0.437. The molecule has 200 valence electrons. The highest BCUT2D eigenvalue weighted by molar-refractivity contribution is 7.89. The van der Waals surface area contributed by atoms with Crippen LogP contribution in [-0.4, -0.2) is 40.6 Å². The number of hydrogen-bond acceptors (Lipinski definition) is 5. The molecule has 1 aliphatic carbocycles. The van der Waals surface area contributed by atoms with Gasteiger partial charge < -0.3 is 10.3 Å². The second kappa shape index (κ2) is 8.68. The number of nitrogens with two attached hydrogens (primary N) is 1. The fourth-order valence-corrected chi connectivity index (χ4v) is 5.32. The number of sulfonamides is 1. The van der Waals surface area contributed by atoms with Crippen LogP contribution >= 0.6 is 0 Å². The Morgan fingerprint density at radius 1 is 1.08 bits per heavy atom. The van der Waals surface area contributed by atoms with E-state index in [2.05, 4.69) is 9.97 Å². The predicted molar refractivity (Wildman–Crippen MR) is 120 cm³/mol. The van der Waals surface area contributed by atoms with E-state index in [1.165, 1.54) is 0 Å². The number of halogens is 6. The molecule has 4 rings (SSSR count). The number of rotatable bonds is 6.